The monoisotopic (exact) mass is 518 g/mol. The number of hydrogen-bond acceptors (Lipinski definition) is 4. The quantitative estimate of drug-likeness (QED) is 0.393. The van der Waals surface area contributed by atoms with Crippen molar-refractivity contribution in [1.29, 1.82) is 0 Å². The van der Waals surface area contributed by atoms with Gasteiger partial charge in [-0.1, -0.05) is 0 Å². The molecule has 28 heavy (non-hydrogen) atoms. The van der Waals surface area contributed by atoms with E-state index in [1.54, 1.807) is 35.3 Å². The lowest BCUT2D eigenvalue weighted by molar-refractivity contribution is -0.131. The Labute approximate surface area is 174 Å². The average Bonchev–Trinajstić information content (AvgIpc) is 3.22. The summed E-state index contributed by atoms with van der Waals surface area (Å²) in [7, 11) is 0. The van der Waals surface area contributed by atoms with E-state index in [9.17, 15) is 13.2 Å². The number of halogens is 5. The van der Waals surface area contributed by atoms with Crippen LogP contribution in [-0.4, -0.2) is 31.5 Å². The third kappa shape index (κ3) is 5.16. The summed E-state index contributed by atoms with van der Waals surface area (Å²) in [6.07, 6.45) is 5.59. The van der Waals surface area contributed by atoms with Crippen molar-refractivity contribution < 1.29 is 13.2 Å². The van der Waals surface area contributed by atoms with Crippen molar-refractivity contribution >= 4 is 54.5 Å². The van der Waals surface area contributed by atoms with Gasteiger partial charge in [-0.05, 0) is 44.0 Å². The third-order valence-corrected chi connectivity index (χ3v) is 4.53. The molecule has 6 nitrogen and oxygen atoms in total. The smallest absolute Gasteiger partial charge is 0.390 e. The predicted molar refractivity (Wildman–Crippen MR) is 109 cm³/mol. The Morgan fingerprint density at radius 2 is 1.54 bits per heavy atom. The first-order chi connectivity index (χ1) is 13.2. The minimum Gasteiger partial charge on any atom is -0.396 e. The number of anilines is 2. The van der Waals surface area contributed by atoms with Crippen LogP contribution in [0.5, 0.6) is 0 Å². The molecule has 4 aromatic rings. The minimum absolute atomic E-state index is 0.164. The SMILES string of the molecule is FC(F)(F)CCNc1cc(Br)cn2ccnc12.Nc1cc(Br)cn2ccnc12. The van der Waals surface area contributed by atoms with Crippen LogP contribution >= 0.6 is 31.9 Å². The summed E-state index contributed by atoms with van der Waals surface area (Å²) < 4.78 is 41.4. The van der Waals surface area contributed by atoms with Crippen LogP contribution in [0.25, 0.3) is 11.3 Å². The maximum absolute atomic E-state index is 12.0. The summed E-state index contributed by atoms with van der Waals surface area (Å²) >= 11 is 6.63. The van der Waals surface area contributed by atoms with Gasteiger partial charge >= 0.3 is 6.18 Å². The first kappa shape index (κ1) is 20.5. The molecule has 0 saturated carbocycles. The van der Waals surface area contributed by atoms with Crippen LogP contribution in [0.2, 0.25) is 0 Å². The van der Waals surface area contributed by atoms with E-state index in [4.69, 9.17) is 5.73 Å². The zero-order valence-corrected chi connectivity index (χ0v) is 17.5. The highest BCUT2D eigenvalue weighted by atomic mass is 79.9. The van der Waals surface area contributed by atoms with Gasteiger partial charge in [0, 0.05) is 52.7 Å². The highest BCUT2D eigenvalue weighted by Gasteiger charge is 2.26. The number of fused-ring (bicyclic) bond motifs is 2. The minimum atomic E-state index is -4.15. The van der Waals surface area contributed by atoms with Crippen LogP contribution in [0.4, 0.5) is 24.5 Å². The van der Waals surface area contributed by atoms with E-state index in [-0.39, 0.29) is 6.54 Å². The maximum Gasteiger partial charge on any atom is 0.390 e. The number of nitrogens with one attached hydrogen (secondary N) is 1. The first-order valence-corrected chi connectivity index (χ1v) is 9.62. The molecule has 0 spiro atoms. The number of aromatic nitrogens is 4. The van der Waals surface area contributed by atoms with E-state index in [1.807, 2.05) is 22.9 Å². The number of pyridine rings is 2. The van der Waals surface area contributed by atoms with Gasteiger partial charge in [0.15, 0.2) is 11.3 Å². The van der Waals surface area contributed by atoms with Gasteiger partial charge in [-0.15, -0.1) is 0 Å². The summed E-state index contributed by atoms with van der Waals surface area (Å²) in [6, 6.07) is 3.54. The van der Waals surface area contributed by atoms with Crippen LogP contribution in [0.15, 0.2) is 58.3 Å². The van der Waals surface area contributed by atoms with E-state index < -0.39 is 12.6 Å². The fourth-order valence-corrected chi connectivity index (χ4v) is 3.41. The molecular weight excluding hydrogens is 505 g/mol. The maximum atomic E-state index is 12.0. The number of hydrogen-bond donors (Lipinski definition) is 2. The predicted octanol–water partition coefficient (Wildman–Crippen LogP) is 5.14. The Morgan fingerprint density at radius 3 is 2.18 bits per heavy atom. The lowest BCUT2D eigenvalue weighted by Crippen LogP contribution is -2.15. The average molecular weight is 520 g/mol. The molecular formula is C17H15Br2F3N6. The zero-order valence-electron chi connectivity index (χ0n) is 14.3. The van der Waals surface area contributed by atoms with Gasteiger partial charge in [0.1, 0.15) is 0 Å². The van der Waals surface area contributed by atoms with Crippen LogP contribution in [-0.2, 0) is 0 Å². The van der Waals surface area contributed by atoms with Crippen molar-refractivity contribution in [3.8, 4) is 0 Å². The molecule has 148 valence electrons. The normalized spacial score (nSPS) is 11.5. The molecule has 0 fully saturated rings. The highest BCUT2D eigenvalue weighted by molar-refractivity contribution is 9.10. The summed E-state index contributed by atoms with van der Waals surface area (Å²) in [5.41, 5.74) is 8.36. The molecule has 0 aliphatic heterocycles. The second kappa shape index (κ2) is 8.39. The third-order valence-electron chi connectivity index (χ3n) is 3.66. The van der Waals surface area contributed by atoms with Crippen molar-refractivity contribution in [2.45, 2.75) is 12.6 Å². The first-order valence-electron chi connectivity index (χ1n) is 8.03. The Hall–Kier alpha value is -2.27. The van der Waals surface area contributed by atoms with Crippen molar-refractivity contribution in [1.82, 2.24) is 18.8 Å². The van der Waals surface area contributed by atoms with Gasteiger partial charge in [0.2, 0.25) is 0 Å². The lowest BCUT2D eigenvalue weighted by Gasteiger charge is -2.10. The van der Waals surface area contributed by atoms with Gasteiger partial charge in [0.05, 0.1) is 17.8 Å². The van der Waals surface area contributed by atoms with E-state index in [0.29, 0.717) is 17.0 Å². The molecule has 11 heteroatoms. The van der Waals surface area contributed by atoms with Crippen molar-refractivity contribution in [3.63, 3.8) is 0 Å². The van der Waals surface area contributed by atoms with Crippen LogP contribution in [0.1, 0.15) is 6.42 Å². The molecule has 0 aliphatic rings. The largest absolute Gasteiger partial charge is 0.396 e. The molecule has 4 aromatic heterocycles. The summed E-state index contributed by atoms with van der Waals surface area (Å²) in [4.78, 5) is 8.15. The topological polar surface area (TPSA) is 72.6 Å². The van der Waals surface area contributed by atoms with Crippen molar-refractivity contribution in [2.24, 2.45) is 0 Å². The number of alkyl halides is 3. The van der Waals surface area contributed by atoms with E-state index >= 15 is 0 Å². The molecule has 0 amide bonds. The lowest BCUT2D eigenvalue weighted by atomic mass is 10.3. The summed E-state index contributed by atoms with van der Waals surface area (Å²) in [5.74, 6) is 0. The number of imidazole rings is 2. The molecule has 0 aliphatic carbocycles. The Bertz CT molecular complexity index is 1090. The summed E-state index contributed by atoms with van der Waals surface area (Å²) in [5, 5.41) is 2.74. The highest BCUT2D eigenvalue weighted by Crippen LogP contribution is 2.23. The second-order valence-corrected chi connectivity index (χ2v) is 7.63. The Balaban J connectivity index is 0.000000176. The fraction of sp³-hybridized carbons (Fsp3) is 0.176. The van der Waals surface area contributed by atoms with Gasteiger partial charge in [0.25, 0.3) is 0 Å². The number of rotatable bonds is 3. The molecule has 0 radical (unpaired) electrons. The number of nitrogen functional groups attached to an aromatic ring is 1. The zero-order chi connectivity index (χ0) is 20.3. The van der Waals surface area contributed by atoms with E-state index in [1.165, 1.54) is 0 Å². The van der Waals surface area contributed by atoms with Crippen LogP contribution in [0.3, 0.4) is 0 Å². The summed E-state index contributed by atoms with van der Waals surface area (Å²) in [6.45, 7) is -0.164. The van der Waals surface area contributed by atoms with E-state index in [2.05, 4.69) is 47.1 Å². The molecule has 3 N–H and O–H groups in total. The number of nitrogens with zero attached hydrogens (tertiary/aromatic N) is 4. The van der Waals surface area contributed by atoms with Crippen molar-refractivity contribution in [2.75, 3.05) is 17.6 Å². The number of nitrogens with two attached hydrogens (primary N) is 1. The standard InChI is InChI=1S/C10H9BrF3N3.C7H6BrN3/c11-7-5-8(15-2-1-10(12,13)14)9-16-3-4-17(9)6-7;8-5-3-6(9)7-10-1-2-11(7)4-5/h3-6,15H,1-2H2;1-4H,9H2. The second-order valence-electron chi connectivity index (χ2n) is 5.79. The van der Waals surface area contributed by atoms with Crippen LogP contribution in [0, 0.1) is 0 Å². The molecule has 4 rings (SSSR count). The van der Waals surface area contributed by atoms with Gasteiger partial charge < -0.3 is 19.9 Å². The molecule has 0 bridgehead atoms. The molecule has 0 unspecified atom stereocenters. The fourth-order valence-electron chi connectivity index (χ4n) is 2.49. The van der Waals surface area contributed by atoms with E-state index in [0.717, 1.165) is 14.6 Å². The van der Waals surface area contributed by atoms with Gasteiger partial charge in [-0.25, -0.2) is 9.97 Å². The van der Waals surface area contributed by atoms with Gasteiger partial charge in [-0.2, -0.15) is 13.2 Å². The van der Waals surface area contributed by atoms with Crippen molar-refractivity contribution in [3.05, 3.63) is 58.3 Å². The molecule has 0 atom stereocenters. The Morgan fingerprint density at radius 1 is 0.964 bits per heavy atom. The van der Waals surface area contributed by atoms with Crippen LogP contribution < -0.4 is 11.1 Å². The molecule has 0 aromatic carbocycles. The van der Waals surface area contributed by atoms with Gasteiger partial charge in [-0.3, -0.25) is 0 Å². The molecule has 4 heterocycles. The molecule has 0 saturated heterocycles. The Kier molecular flexibility index (Phi) is 6.14.